The van der Waals surface area contributed by atoms with E-state index in [1.807, 2.05) is 29.6 Å². The molecule has 0 atom stereocenters. The number of furan rings is 1. The number of carboxylic acids is 1. The fraction of sp³-hybridized carbons (Fsp3) is 0.0667. The normalized spacial score (nSPS) is 10.7. The summed E-state index contributed by atoms with van der Waals surface area (Å²) in [5.74, 6) is -0.548. The van der Waals surface area contributed by atoms with Crippen molar-refractivity contribution >= 4 is 28.9 Å². The van der Waals surface area contributed by atoms with E-state index in [-0.39, 0.29) is 5.56 Å². The van der Waals surface area contributed by atoms with Crippen LogP contribution in [-0.2, 0) is 6.42 Å². The van der Waals surface area contributed by atoms with Crippen LogP contribution in [-0.4, -0.2) is 16.1 Å². The molecule has 0 saturated heterocycles. The van der Waals surface area contributed by atoms with Crippen LogP contribution in [0.2, 0.25) is 5.02 Å². The molecule has 0 radical (unpaired) electrons. The summed E-state index contributed by atoms with van der Waals surface area (Å²) in [6.45, 7) is 0. The molecule has 3 rings (SSSR count). The Labute approximate surface area is 129 Å². The van der Waals surface area contributed by atoms with Gasteiger partial charge in [0.05, 0.1) is 10.6 Å². The van der Waals surface area contributed by atoms with Gasteiger partial charge in [0, 0.05) is 22.9 Å². The molecule has 0 unspecified atom stereocenters. The fourth-order valence-electron chi connectivity index (χ4n) is 1.86. The van der Waals surface area contributed by atoms with Crippen molar-refractivity contribution in [2.45, 2.75) is 6.42 Å². The van der Waals surface area contributed by atoms with E-state index in [1.54, 1.807) is 0 Å². The number of carboxylic acid groups (broad SMARTS) is 1. The van der Waals surface area contributed by atoms with Crippen molar-refractivity contribution in [3.8, 4) is 11.5 Å². The van der Waals surface area contributed by atoms with Crippen molar-refractivity contribution in [3.63, 3.8) is 0 Å². The maximum atomic E-state index is 10.8. The maximum absolute atomic E-state index is 10.8. The van der Waals surface area contributed by atoms with Crippen LogP contribution in [0.5, 0.6) is 0 Å². The van der Waals surface area contributed by atoms with Crippen LogP contribution in [0.15, 0.2) is 46.4 Å². The van der Waals surface area contributed by atoms with Crippen LogP contribution in [0.25, 0.3) is 11.5 Å². The summed E-state index contributed by atoms with van der Waals surface area (Å²) in [6.07, 6.45) is 1.92. The molecule has 0 aliphatic rings. The molecule has 0 aliphatic heterocycles. The quantitative estimate of drug-likeness (QED) is 0.776. The van der Waals surface area contributed by atoms with Gasteiger partial charge in [-0.15, -0.1) is 11.3 Å². The topological polar surface area (TPSA) is 63.3 Å². The van der Waals surface area contributed by atoms with Gasteiger partial charge in [-0.3, -0.25) is 0 Å². The predicted molar refractivity (Wildman–Crippen MR) is 81.0 cm³/mol. The van der Waals surface area contributed by atoms with E-state index in [2.05, 4.69) is 4.98 Å². The van der Waals surface area contributed by atoms with E-state index in [0.717, 1.165) is 10.6 Å². The van der Waals surface area contributed by atoms with Gasteiger partial charge < -0.3 is 9.52 Å². The first kappa shape index (κ1) is 13.9. The minimum Gasteiger partial charge on any atom is -0.478 e. The minimum absolute atomic E-state index is 0.122. The molecule has 1 aromatic carbocycles. The van der Waals surface area contributed by atoms with Gasteiger partial charge in [-0.25, -0.2) is 9.78 Å². The second-order valence-electron chi connectivity index (χ2n) is 4.43. The Morgan fingerprint density at radius 1 is 1.33 bits per heavy atom. The molecule has 106 valence electrons. The van der Waals surface area contributed by atoms with Gasteiger partial charge in [0.25, 0.3) is 0 Å². The fourth-order valence-corrected chi connectivity index (χ4v) is 2.81. The summed E-state index contributed by atoms with van der Waals surface area (Å²) in [7, 11) is 0. The van der Waals surface area contributed by atoms with E-state index in [1.165, 1.54) is 23.7 Å². The maximum Gasteiger partial charge on any atom is 0.338 e. The summed E-state index contributed by atoms with van der Waals surface area (Å²) >= 11 is 7.36. The summed E-state index contributed by atoms with van der Waals surface area (Å²) in [5, 5.41) is 12.4. The highest BCUT2D eigenvalue weighted by atomic mass is 35.5. The molecule has 2 heterocycles. The molecule has 0 bridgehead atoms. The molecule has 0 fully saturated rings. The van der Waals surface area contributed by atoms with Crippen molar-refractivity contribution in [1.29, 1.82) is 0 Å². The second-order valence-corrected chi connectivity index (χ2v) is 5.81. The van der Waals surface area contributed by atoms with Crippen molar-refractivity contribution < 1.29 is 14.3 Å². The van der Waals surface area contributed by atoms with Gasteiger partial charge in [-0.1, -0.05) is 23.7 Å². The minimum atomic E-state index is -1.01. The SMILES string of the molecule is O=C(O)c1coc(-c2csc(Cc3ccc(Cl)cc3)n2)c1. The van der Waals surface area contributed by atoms with Crippen LogP contribution >= 0.6 is 22.9 Å². The highest BCUT2D eigenvalue weighted by Crippen LogP contribution is 2.25. The smallest absolute Gasteiger partial charge is 0.338 e. The summed E-state index contributed by atoms with van der Waals surface area (Å²) in [4.78, 5) is 15.3. The summed E-state index contributed by atoms with van der Waals surface area (Å²) in [5.41, 5.74) is 1.89. The Bertz CT molecular complexity index is 776. The molecule has 0 aliphatic carbocycles. The number of thiazole rings is 1. The number of hydrogen-bond donors (Lipinski definition) is 1. The van der Waals surface area contributed by atoms with Crippen LogP contribution in [0.1, 0.15) is 20.9 Å². The third kappa shape index (κ3) is 3.15. The Hall–Kier alpha value is -2.11. The Morgan fingerprint density at radius 3 is 2.76 bits per heavy atom. The van der Waals surface area contributed by atoms with Crippen molar-refractivity contribution in [2.24, 2.45) is 0 Å². The second kappa shape index (κ2) is 5.71. The monoisotopic (exact) mass is 319 g/mol. The molecule has 4 nitrogen and oxygen atoms in total. The number of rotatable bonds is 4. The van der Waals surface area contributed by atoms with Gasteiger partial charge in [0.15, 0.2) is 5.76 Å². The highest BCUT2D eigenvalue weighted by Gasteiger charge is 2.12. The zero-order chi connectivity index (χ0) is 14.8. The standard InChI is InChI=1S/C15H10ClNO3S/c16-11-3-1-9(2-4-11)5-14-17-12(8-21-14)13-6-10(7-20-13)15(18)19/h1-4,6-8H,5H2,(H,18,19). The third-order valence-corrected chi connectivity index (χ3v) is 4.02. The van der Waals surface area contributed by atoms with Crippen molar-refractivity contribution in [2.75, 3.05) is 0 Å². The molecule has 2 aromatic heterocycles. The number of hydrogen-bond acceptors (Lipinski definition) is 4. The first-order valence-corrected chi connectivity index (χ1v) is 7.38. The molecule has 0 amide bonds. The number of benzene rings is 1. The van der Waals surface area contributed by atoms with Crippen molar-refractivity contribution in [3.05, 3.63) is 63.1 Å². The third-order valence-electron chi connectivity index (χ3n) is 2.92. The highest BCUT2D eigenvalue weighted by molar-refractivity contribution is 7.10. The molecule has 0 spiro atoms. The first-order valence-electron chi connectivity index (χ1n) is 6.13. The lowest BCUT2D eigenvalue weighted by Crippen LogP contribution is -1.91. The van der Waals surface area contributed by atoms with Crippen molar-refractivity contribution in [1.82, 2.24) is 4.98 Å². The van der Waals surface area contributed by atoms with Gasteiger partial charge in [0.1, 0.15) is 12.0 Å². The van der Waals surface area contributed by atoms with E-state index in [4.69, 9.17) is 21.1 Å². The van der Waals surface area contributed by atoms with E-state index in [9.17, 15) is 4.79 Å². The molecule has 3 aromatic rings. The zero-order valence-corrected chi connectivity index (χ0v) is 12.3. The predicted octanol–water partition coefficient (Wildman–Crippen LogP) is 4.35. The summed E-state index contributed by atoms with van der Waals surface area (Å²) in [6, 6.07) is 9.08. The lowest BCUT2D eigenvalue weighted by atomic mass is 10.2. The van der Waals surface area contributed by atoms with E-state index in [0.29, 0.717) is 22.9 Å². The molecular weight excluding hydrogens is 310 g/mol. The van der Waals surface area contributed by atoms with Crippen LogP contribution in [0.3, 0.4) is 0 Å². The molecule has 0 saturated carbocycles. The number of aromatic carboxylic acids is 1. The lowest BCUT2D eigenvalue weighted by Gasteiger charge is -1.97. The van der Waals surface area contributed by atoms with Crippen LogP contribution in [0, 0.1) is 0 Å². The average Bonchev–Trinajstić information content (AvgIpc) is 3.10. The number of halogens is 1. The number of aromatic nitrogens is 1. The molecule has 1 N–H and O–H groups in total. The summed E-state index contributed by atoms with van der Waals surface area (Å²) < 4.78 is 5.24. The average molecular weight is 320 g/mol. The van der Waals surface area contributed by atoms with E-state index < -0.39 is 5.97 Å². The van der Waals surface area contributed by atoms with Gasteiger partial charge >= 0.3 is 5.97 Å². The number of nitrogens with zero attached hydrogens (tertiary/aromatic N) is 1. The molecular formula is C15H10ClNO3S. The van der Waals surface area contributed by atoms with Gasteiger partial charge in [0.2, 0.25) is 0 Å². The zero-order valence-electron chi connectivity index (χ0n) is 10.7. The van der Waals surface area contributed by atoms with E-state index >= 15 is 0 Å². The Kier molecular flexibility index (Phi) is 3.77. The largest absolute Gasteiger partial charge is 0.478 e. The van der Waals surface area contributed by atoms with Crippen LogP contribution in [0.4, 0.5) is 0 Å². The molecule has 6 heteroatoms. The first-order chi connectivity index (χ1) is 10.1. The lowest BCUT2D eigenvalue weighted by molar-refractivity contribution is 0.0696. The molecule has 21 heavy (non-hydrogen) atoms. The Morgan fingerprint density at radius 2 is 2.10 bits per heavy atom. The van der Waals surface area contributed by atoms with Gasteiger partial charge in [-0.05, 0) is 17.7 Å². The van der Waals surface area contributed by atoms with Crippen LogP contribution < -0.4 is 0 Å². The number of carbonyl (C=O) groups is 1. The Balaban J connectivity index is 1.79. The van der Waals surface area contributed by atoms with Gasteiger partial charge in [-0.2, -0.15) is 0 Å².